The highest BCUT2D eigenvalue weighted by molar-refractivity contribution is 5.43. The van der Waals surface area contributed by atoms with Gasteiger partial charge in [0.25, 0.3) is 0 Å². The number of aromatic hydroxyl groups is 1. The smallest absolute Gasteiger partial charge is 0.169 e. The molecule has 3 nitrogen and oxygen atoms in total. The van der Waals surface area contributed by atoms with E-state index in [1.165, 1.54) is 0 Å². The fourth-order valence-electron chi connectivity index (χ4n) is 1.87. The average molecular weight is 278 g/mol. The maximum Gasteiger partial charge on any atom is 0.169 e. The second-order valence-corrected chi connectivity index (χ2v) is 4.46. The van der Waals surface area contributed by atoms with Crippen molar-refractivity contribution in [3.05, 3.63) is 78.9 Å². The van der Waals surface area contributed by atoms with Crippen LogP contribution in [-0.2, 0) is 0 Å². The summed E-state index contributed by atoms with van der Waals surface area (Å²) in [7, 11) is 0. The Morgan fingerprint density at radius 3 is 1.71 bits per heavy atom. The minimum Gasteiger partial charge on any atom is -0.504 e. The number of rotatable bonds is 4. The van der Waals surface area contributed by atoms with Crippen LogP contribution < -0.4 is 9.47 Å². The van der Waals surface area contributed by atoms with Gasteiger partial charge in [-0.2, -0.15) is 0 Å². The number of ether oxygens (including phenoxy) is 2. The van der Waals surface area contributed by atoms with Crippen molar-refractivity contribution in [3.63, 3.8) is 0 Å². The molecule has 21 heavy (non-hydrogen) atoms. The molecule has 3 aromatic rings. The van der Waals surface area contributed by atoms with E-state index in [1.807, 2.05) is 48.5 Å². The van der Waals surface area contributed by atoms with Crippen LogP contribution in [0.4, 0.5) is 0 Å². The van der Waals surface area contributed by atoms with Crippen LogP contribution in [0.3, 0.4) is 0 Å². The molecular formula is C18H14O3. The second-order valence-electron chi connectivity index (χ2n) is 4.46. The highest BCUT2D eigenvalue weighted by Gasteiger charge is 2.03. The van der Waals surface area contributed by atoms with E-state index in [9.17, 15) is 5.11 Å². The van der Waals surface area contributed by atoms with Crippen molar-refractivity contribution in [2.75, 3.05) is 0 Å². The van der Waals surface area contributed by atoms with Gasteiger partial charge in [-0.1, -0.05) is 30.3 Å². The van der Waals surface area contributed by atoms with E-state index < -0.39 is 0 Å². The second kappa shape index (κ2) is 6.01. The van der Waals surface area contributed by atoms with Gasteiger partial charge in [-0.3, -0.25) is 0 Å². The van der Waals surface area contributed by atoms with Gasteiger partial charge in [0.2, 0.25) is 0 Å². The zero-order valence-corrected chi connectivity index (χ0v) is 11.3. The van der Waals surface area contributed by atoms with Crippen LogP contribution in [0.2, 0.25) is 0 Å². The first-order valence-corrected chi connectivity index (χ1v) is 6.60. The van der Waals surface area contributed by atoms with Crippen molar-refractivity contribution in [1.29, 1.82) is 0 Å². The number of phenolic OH excluding ortho intramolecular Hbond substituents is 1. The molecule has 3 heteroatoms. The van der Waals surface area contributed by atoms with Gasteiger partial charge in [-0.25, -0.2) is 0 Å². The maximum atomic E-state index is 9.67. The van der Waals surface area contributed by atoms with E-state index in [1.54, 1.807) is 30.3 Å². The predicted molar refractivity (Wildman–Crippen MR) is 81.1 cm³/mol. The fraction of sp³-hybridized carbons (Fsp3) is 0. The molecule has 1 N–H and O–H groups in total. The Balaban J connectivity index is 1.71. The quantitative estimate of drug-likeness (QED) is 0.731. The van der Waals surface area contributed by atoms with Crippen molar-refractivity contribution in [3.8, 4) is 28.7 Å². The molecule has 0 aliphatic rings. The molecular weight excluding hydrogens is 264 g/mol. The van der Waals surface area contributed by atoms with Crippen molar-refractivity contribution in [1.82, 2.24) is 0 Å². The summed E-state index contributed by atoms with van der Waals surface area (Å²) in [6.45, 7) is 0. The lowest BCUT2D eigenvalue weighted by molar-refractivity contribution is 0.410. The third kappa shape index (κ3) is 3.34. The zero-order chi connectivity index (χ0) is 14.5. The largest absolute Gasteiger partial charge is 0.504 e. The van der Waals surface area contributed by atoms with Gasteiger partial charge in [-0.15, -0.1) is 0 Å². The van der Waals surface area contributed by atoms with E-state index >= 15 is 0 Å². The maximum absolute atomic E-state index is 9.67. The minimum atomic E-state index is 0.113. The molecule has 0 heterocycles. The summed E-state index contributed by atoms with van der Waals surface area (Å²) in [4.78, 5) is 0. The standard InChI is InChI=1S/C18H14O3/c19-17-8-4-5-9-18(17)21-16-12-10-15(11-13-16)20-14-6-2-1-3-7-14/h1-13,19H. The van der Waals surface area contributed by atoms with Gasteiger partial charge >= 0.3 is 0 Å². The predicted octanol–water partition coefficient (Wildman–Crippen LogP) is 4.98. The number of phenols is 1. The summed E-state index contributed by atoms with van der Waals surface area (Å²) in [5.41, 5.74) is 0. The lowest BCUT2D eigenvalue weighted by atomic mass is 10.3. The number of hydrogen-bond donors (Lipinski definition) is 1. The van der Waals surface area contributed by atoms with Crippen molar-refractivity contribution < 1.29 is 14.6 Å². The highest BCUT2D eigenvalue weighted by Crippen LogP contribution is 2.31. The number of hydrogen-bond acceptors (Lipinski definition) is 3. The van der Waals surface area contributed by atoms with Crippen LogP contribution >= 0.6 is 0 Å². The summed E-state index contributed by atoms with van der Waals surface area (Å²) < 4.78 is 11.3. The average Bonchev–Trinajstić information content (AvgIpc) is 2.52. The topological polar surface area (TPSA) is 38.7 Å². The third-order valence-electron chi connectivity index (χ3n) is 2.90. The summed E-state index contributed by atoms with van der Waals surface area (Å²) in [6.07, 6.45) is 0. The lowest BCUT2D eigenvalue weighted by Gasteiger charge is -2.09. The Hall–Kier alpha value is -2.94. The molecule has 0 amide bonds. The van der Waals surface area contributed by atoms with E-state index in [0.717, 1.165) is 11.5 Å². The molecule has 104 valence electrons. The van der Waals surface area contributed by atoms with E-state index in [-0.39, 0.29) is 5.75 Å². The van der Waals surface area contributed by atoms with Crippen LogP contribution in [0.25, 0.3) is 0 Å². The van der Waals surface area contributed by atoms with Crippen LogP contribution in [0.5, 0.6) is 28.7 Å². The molecule has 0 fully saturated rings. The van der Waals surface area contributed by atoms with Gasteiger partial charge in [0.1, 0.15) is 17.2 Å². The van der Waals surface area contributed by atoms with Crippen LogP contribution in [0.15, 0.2) is 78.9 Å². The van der Waals surface area contributed by atoms with Crippen LogP contribution in [-0.4, -0.2) is 5.11 Å². The first-order valence-electron chi connectivity index (χ1n) is 6.60. The molecule has 0 saturated carbocycles. The molecule has 0 aliphatic carbocycles. The molecule has 0 spiro atoms. The summed E-state index contributed by atoms with van der Waals surface area (Å²) >= 11 is 0. The summed E-state index contributed by atoms with van der Waals surface area (Å²) in [5.74, 6) is 2.69. The lowest BCUT2D eigenvalue weighted by Crippen LogP contribution is -1.86. The SMILES string of the molecule is Oc1ccccc1Oc1ccc(Oc2ccccc2)cc1. The summed E-state index contributed by atoms with van der Waals surface area (Å²) in [5, 5.41) is 9.67. The van der Waals surface area contributed by atoms with Gasteiger partial charge in [0, 0.05) is 0 Å². The van der Waals surface area contributed by atoms with Crippen molar-refractivity contribution >= 4 is 0 Å². The molecule has 0 bridgehead atoms. The molecule has 0 aliphatic heterocycles. The Kier molecular flexibility index (Phi) is 3.74. The summed E-state index contributed by atoms with van der Waals surface area (Å²) in [6, 6.07) is 23.7. The Morgan fingerprint density at radius 1 is 0.524 bits per heavy atom. The molecule has 0 saturated heterocycles. The Labute approximate surface area is 123 Å². The molecule has 0 aromatic heterocycles. The van der Waals surface area contributed by atoms with Crippen molar-refractivity contribution in [2.24, 2.45) is 0 Å². The molecule has 0 radical (unpaired) electrons. The van der Waals surface area contributed by atoms with Gasteiger partial charge in [0.05, 0.1) is 0 Å². The monoisotopic (exact) mass is 278 g/mol. The fourth-order valence-corrected chi connectivity index (χ4v) is 1.87. The van der Waals surface area contributed by atoms with Crippen LogP contribution in [0.1, 0.15) is 0 Å². The number of benzene rings is 3. The Bertz CT molecular complexity index is 706. The normalized spacial score (nSPS) is 10.1. The minimum absolute atomic E-state index is 0.113. The molecule has 3 rings (SSSR count). The molecule has 0 atom stereocenters. The van der Waals surface area contributed by atoms with Gasteiger partial charge < -0.3 is 14.6 Å². The van der Waals surface area contributed by atoms with Gasteiger partial charge in [0.15, 0.2) is 11.5 Å². The van der Waals surface area contributed by atoms with E-state index in [2.05, 4.69) is 0 Å². The molecule has 3 aromatic carbocycles. The number of para-hydroxylation sites is 3. The first-order chi connectivity index (χ1) is 10.3. The first kappa shape index (κ1) is 13.1. The third-order valence-corrected chi connectivity index (χ3v) is 2.90. The van der Waals surface area contributed by atoms with E-state index in [4.69, 9.17) is 9.47 Å². The molecule has 0 unspecified atom stereocenters. The van der Waals surface area contributed by atoms with Gasteiger partial charge in [-0.05, 0) is 48.5 Å². The highest BCUT2D eigenvalue weighted by atomic mass is 16.5. The van der Waals surface area contributed by atoms with E-state index in [0.29, 0.717) is 11.5 Å². The Morgan fingerprint density at radius 2 is 1.05 bits per heavy atom. The van der Waals surface area contributed by atoms with Crippen LogP contribution in [0, 0.1) is 0 Å². The van der Waals surface area contributed by atoms with Crippen molar-refractivity contribution in [2.45, 2.75) is 0 Å². The zero-order valence-electron chi connectivity index (χ0n) is 11.3.